The Morgan fingerprint density at radius 2 is 2.21 bits per heavy atom. The van der Waals surface area contributed by atoms with Crippen LogP contribution in [-0.2, 0) is 12.3 Å². The predicted octanol–water partition coefficient (Wildman–Crippen LogP) is 2.82. The lowest BCUT2D eigenvalue weighted by atomic mass is 10.1. The van der Waals surface area contributed by atoms with Crippen molar-refractivity contribution in [3.05, 3.63) is 29.1 Å². The second-order valence-electron chi connectivity index (χ2n) is 2.61. The van der Waals surface area contributed by atoms with Crippen LogP contribution in [0.3, 0.4) is 0 Å². The van der Waals surface area contributed by atoms with Crippen LogP contribution in [-0.4, -0.2) is 4.98 Å². The number of nitrogens with zero attached hydrogens (tertiary/aromatic N) is 2. The predicted molar refractivity (Wildman–Crippen MR) is 48.1 cm³/mol. The molecule has 0 N–H and O–H groups in total. The van der Waals surface area contributed by atoms with Crippen molar-refractivity contribution in [1.82, 2.24) is 4.98 Å². The lowest BCUT2D eigenvalue weighted by molar-refractivity contribution is 0.150. The lowest BCUT2D eigenvalue weighted by Crippen LogP contribution is -2.00. The summed E-state index contributed by atoms with van der Waals surface area (Å²) >= 11 is 5.50. The van der Waals surface area contributed by atoms with Crippen molar-refractivity contribution in [2.45, 2.75) is 18.7 Å². The quantitative estimate of drug-likeness (QED) is 0.729. The third-order valence-corrected chi connectivity index (χ3v) is 1.96. The molecule has 0 aromatic carbocycles. The van der Waals surface area contributed by atoms with Crippen molar-refractivity contribution in [2.75, 3.05) is 0 Å². The van der Waals surface area contributed by atoms with Crippen LogP contribution in [0.4, 0.5) is 8.78 Å². The normalized spacial score (nSPS) is 10.2. The monoisotopic (exact) mass is 216 g/mol. The van der Waals surface area contributed by atoms with E-state index in [1.54, 1.807) is 6.07 Å². The Hall–Kier alpha value is -1.21. The molecule has 0 amide bonds. The van der Waals surface area contributed by atoms with E-state index in [2.05, 4.69) is 4.98 Å². The first-order chi connectivity index (χ1) is 6.69. The van der Waals surface area contributed by atoms with Gasteiger partial charge in [-0.2, -0.15) is 5.26 Å². The fourth-order valence-electron chi connectivity index (χ4n) is 1.05. The SMILES string of the molecule is N#CCc1nc(CCl)ccc1C(F)F. The van der Waals surface area contributed by atoms with Gasteiger partial charge in [0.2, 0.25) is 0 Å². The minimum atomic E-state index is -2.60. The molecule has 0 radical (unpaired) electrons. The highest BCUT2D eigenvalue weighted by molar-refractivity contribution is 6.16. The van der Waals surface area contributed by atoms with E-state index in [4.69, 9.17) is 16.9 Å². The van der Waals surface area contributed by atoms with Crippen molar-refractivity contribution in [1.29, 1.82) is 5.26 Å². The van der Waals surface area contributed by atoms with Crippen molar-refractivity contribution in [3.63, 3.8) is 0 Å². The first-order valence-electron chi connectivity index (χ1n) is 3.88. The summed E-state index contributed by atoms with van der Waals surface area (Å²) in [4.78, 5) is 3.87. The zero-order valence-corrected chi connectivity index (χ0v) is 7.93. The van der Waals surface area contributed by atoms with Crippen LogP contribution in [0.15, 0.2) is 12.1 Å². The first-order valence-corrected chi connectivity index (χ1v) is 4.42. The van der Waals surface area contributed by atoms with Gasteiger partial charge in [0.05, 0.1) is 29.8 Å². The summed E-state index contributed by atoms with van der Waals surface area (Å²) in [6, 6.07) is 4.50. The van der Waals surface area contributed by atoms with Crippen LogP contribution in [0, 0.1) is 11.3 Å². The molecule has 1 aromatic rings. The minimum Gasteiger partial charge on any atom is -0.255 e. The van der Waals surface area contributed by atoms with E-state index < -0.39 is 6.43 Å². The Bertz CT molecular complexity index is 360. The average molecular weight is 217 g/mol. The van der Waals surface area contributed by atoms with Gasteiger partial charge in [-0.05, 0) is 12.1 Å². The second kappa shape index (κ2) is 4.87. The minimum absolute atomic E-state index is 0.112. The molecular formula is C9H7ClF2N2. The van der Waals surface area contributed by atoms with Crippen LogP contribution in [0.25, 0.3) is 0 Å². The highest BCUT2D eigenvalue weighted by Crippen LogP contribution is 2.22. The van der Waals surface area contributed by atoms with Crippen LogP contribution in [0.5, 0.6) is 0 Å². The molecule has 1 aromatic heterocycles. The maximum absolute atomic E-state index is 12.4. The molecule has 0 spiro atoms. The maximum atomic E-state index is 12.4. The van der Waals surface area contributed by atoms with Gasteiger partial charge in [0.1, 0.15) is 0 Å². The Kier molecular flexibility index (Phi) is 3.78. The summed E-state index contributed by atoms with van der Waals surface area (Å²) < 4.78 is 24.8. The molecule has 2 nitrogen and oxygen atoms in total. The average Bonchev–Trinajstić information content (AvgIpc) is 2.17. The molecule has 0 aliphatic rings. The zero-order chi connectivity index (χ0) is 10.6. The summed E-state index contributed by atoms with van der Waals surface area (Å²) in [5, 5.41) is 8.42. The third kappa shape index (κ3) is 2.39. The van der Waals surface area contributed by atoms with Gasteiger partial charge >= 0.3 is 0 Å². The van der Waals surface area contributed by atoms with Crippen LogP contribution in [0.2, 0.25) is 0 Å². The molecule has 0 fully saturated rings. The van der Waals surface area contributed by atoms with E-state index in [0.717, 1.165) is 0 Å². The number of nitriles is 1. The maximum Gasteiger partial charge on any atom is 0.265 e. The fourth-order valence-corrected chi connectivity index (χ4v) is 1.20. The van der Waals surface area contributed by atoms with Crippen LogP contribution < -0.4 is 0 Å². The molecule has 0 unspecified atom stereocenters. The zero-order valence-electron chi connectivity index (χ0n) is 7.17. The van der Waals surface area contributed by atoms with Gasteiger partial charge in [-0.3, -0.25) is 4.98 Å². The molecule has 14 heavy (non-hydrogen) atoms. The summed E-state index contributed by atoms with van der Waals surface area (Å²) in [6.45, 7) is 0. The van der Waals surface area contributed by atoms with E-state index in [0.29, 0.717) is 5.69 Å². The molecule has 5 heteroatoms. The smallest absolute Gasteiger partial charge is 0.255 e. The summed E-state index contributed by atoms with van der Waals surface area (Å²) in [6.07, 6.45) is -2.72. The van der Waals surface area contributed by atoms with Gasteiger partial charge in [-0.15, -0.1) is 11.6 Å². The fraction of sp³-hybridized carbons (Fsp3) is 0.333. The van der Waals surface area contributed by atoms with Crippen molar-refractivity contribution < 1.29 is 8.78 Å². The second-order valence-corrected chi connectivity index (χ2v) is 2.87. The van der Waals surface area contributed by atoms with E-state index in [1.165, 1.54) is 12.1 Å². The molecule has 1 heterocycles. The van der Waals surface area contributed by atoms with Gasteiger partial charge in [-0.25, -0.2) is 8.78 Å². The summed E-state index contributed by atoms with van der Waals surface area (Å²) in [5.41, 5.74) is 0.419. The molecule has 0 bridgehead atoms. The van der Waals surface area contributed by atoms with Crippen molar-refractivity contribution in [2.24, 2.45) is 0 Å². The Morgan fingerprint density at radius 3 is 2.71 bits per heavy atom. The topological polar surface area (TPSA) is 36.7 Å². The number of hydrogen-bond donors (Lipinski definition) is 0. The van der Waals surface area contributed by atoms with Gasteiger partial charge < -0.3 is 0 Å². The summed E-state index contributed by atoms with van der Waals surface area (Å²) in [7, 11) is 0. The number of alkyl halides is 3. The summed E-state index contributed by atoms with van der Waals surface area (Å²) in [5.74, 6) is 0.155. The van der Waals surface area contributed by atoms with Gasteiger partial charge in [0.15, 0.2) is 0 Å². The largest absolute Gasteiger partial charge is 0.265 e. The Balaban J connectivity index is 3.11. The molecule has 0 aliphatic heterocycles. The van der Waals surface area contributed by atoms with Gasteiger partial charge in [0, 0.05) is 5.56 Å². The standard InChI is InChI=1S/C9H7ClF2N2/c10-5-6-1-2-7(9(11)12)8(14-6)3-4-13/h1-2,9H,3,5H2. The van der Waals surface area contributed by atoms with Crippen molar-refractivity contribution in [3.8, 4) is 6.07 Å². The third-order valence-electron chi connectivity index (χ3n) is 1.69. The molecule has 0 saturated heterocycles. The van der Waals surface area contributed by atoms with E-state index in [9.17, 15) is 8.78 Å². The molecule has 0 aliphatic carbocycles. The molecule has 1 rings (SSSR count). The number of hydrogen-bond acceptors (Lipinski definition) is 2. The first kappa shape index (κ1) is 10.9. The van der Waals surface area contributed by atoms with E-state index in [-0.39, 0.29) is 23.6 Å². The molecule has 0 atom stereocenters. The van der Waals surface area contributed by atoms with Crippen LogP contribution >= 0.6 is 11.6 Å². The van der Waals surface area contributed by atoms with Gasteiger partial charge in [-0.1, -0.05) is 0 Å². The number of rotatable bonds is 3. The van der Waals surface area contributed by atoms with Crippen molar-refractivity contribution >= 4 is 11.6 Å². The Morgan fingerprint density at radius 1 is 1.50 bits per heavy atom. The van der Waals surface area contributed by atoms with E-state index >= 15 is 0 Å². The molecular weight excluding hydrogens is 210 g/mol. The van der Waals surface area contributed by atoms with E-state index in [1.807, 2.05) is 0 Å². The number of halogens is 3. The lowest BCUT2D eigenvalue weighted by Gasteiger charge is -2.05. The highest BCUT2D eigenvalue weighted by atomic mass is 35.5. The number of aromatic nitrogens is 1. The molecule has 0 saturated carbocycles. The highest BCUT2D eigenvalue weighted by Gasteiger charge is 2.14. The molecule has 74 valence electrons. The van der Waals surface area contributed by atoms with Crippen LogP contribution in [0.1, 0.15) is 23.4 Å². The van der Waals surface area contributed by atoms with Gasteiger partial charge in [0.25, 0.3) is 6.43 Å². The Labute approximate surface area is 85.1 Å². The number of pyridine rings is 1.